The number of benzene rings is 1. The normalized spacial score (nSPS) is 11.9. The Morgan fingerprint density at radius 1 is 1.36 bits per heavy atom. The molecular formula is C16H19N3O3. The second kappa shape index (κ2) is 6.34. The van der Waals surface area contributed by atoms with Crippen LogP contribution in [-0.2, 0) is 6.54 Å². The molecule has 0 fully saturated rings. The smallest absolute Gasteiger partial charge is 0.312 e. The van der Waals surface area contributed by atoms with Crippen molar-refractivity contribution < 1.29 is 9.90 Å². The average molecular weight is 301 g/mol. The summed E-state index contributed by atoms with van der Waals surface area (Å²) < 4.78 is 1.54. The second-order valence-corrected chi connectivity index (χ2v) is 4.99. The van der Waals surface area contributed by atoms with E-state index >= 15 is 0 Å². The second-order valence-electron chi connectivity index (χ2n) is 4.99. The zero-order valence-corrected chi connectivity index (χ0v) is 12.5. The number of carbonyl (C=O) groups excluding carboxylic acids is 1. The first-order valence-electron chi connectivity index (χ1n) is 7.00. The lowest BCUT2D eigenvalue weighted by atomic mass is 9.98. The molecule has 4 N–H and O–H groups in total. The van der Waals surface area contributed by atoms with Crippen LogP contribution < -0.4 is 16.6 Å². The van der Waals surface area contributed by atoms with Crippen LogP contribution in [0.5, 0.6) is 5.75 Å². The fourth-order valence-electron chi connectivity index (χ4n) is 2.54. The van der Waals surface area contributed by atoms with Crippen molar-refractivity contribution in [1.29, 1.82) is 0 Å². The van der Waals surface area contributed by atoms with Crippen LogP contribution in [0.15, 0.2) is 41.2 Å². The minimum absolute atomic E-state index is 0.109. The van der Waals surface area contributed by atoms with Gasteiger partial charge < -0.3 is 20.7 Å². The molecule has 6 heteroatoms. The van der Waals surface area contributed by atoms with Gasteiger partial charge in [0, 0.05) is 12.2 Å². The van der Waals surface area contributed by atoms with Gasteiger partial charge in [0.2, 0.25) is 0 Å². The maximum Gasteiger partial charge on any atom is 0.312 e. The molecule has 2 amide bonds. The summed E-state index contributed by atoms with van der Waals surface area (Å²) in [4.78, 5) is 24.0. The number of aromatic nitrogens is 1. The van der Waals surface area contributed by atoms with E-state index in [0.29, 0.717) is 17.8 Å². The van der Waals surface area contributed by atoms with Crippen LogP contribution in [-0.4, -0.2) is 15.7 Å². The van der Waals surface area contributed by atoms with E-state index < -0.39 is 12.1 Å². The number of nitrogens with two attached hydrogens (primary N) is 1. The zero-order valence-electron chi connectivity index (χ0n) is 12.5. The number of aryl methyl sites for hydroxylation is 1. The SMILES string of the molecule is CCn1c(C)cc(O)c(C(NC(N)=O)c2ccccc2)c1=O. The van der Waals surface area contributed by atoms with E-state index in [1.807, 2.05) is 13.0 Å². The Bertz CT molecular complexity index is 738. The van der Waals surface area contributed by atoms with Crippen molar-refractivity contribution in [3.63, 3.8) is 0 Å². The van der Waals surface area contributed by atoms with Crippen LogP contribution in [0.3, 0.4) is 0 Å². The third-order valence-electron chi connectivity index (χ3n) is 3.55. The molecule has 0 aliphatic heterocycles. The minimum Gasteiger partial charge on any atom is -0.507 e. The molecular weight excluding hydrogens is 282 g/mol. The first-order valence-corrected chi connectivity index (χ1v) is 7.00. The van der Waals surface area contributed by atoms with E-state index in [2.05, 4.69) is 5.32 Å². The number of hydrogen-bond donors (Lipinski definition) is 3. The summed E-state index contributed by atoms with van der Waals surface area (Å²) in [6, 6.07) is 8.86. The third-order valence-corrected chi connectivity index (χ3v) is 3.55. The highest BCUT2D eigenvalue weighted by atomic mass is 16.3. The van der Waals surface area contributed by atoms with Gasteiger partial charge in [-0.3, -0.25) is 4.79 Å². The summed E-state index contributed by atoms with van der Waals surface area (Å²) in [5.74, 6) is -0.158. The summed E-state index contributed by atoms with van der Waals surface area (Å²) in [6.45, 7) is 4.05. The highest BCUT2D eigenvalue weighted by Crippen LogP contribution is 2.27. The van der Waals surface area contributed by atoms with Crippen molar-refractivity contribution in [2.45, 2.75) is 26.4 Å². The molecule has 0 saturated heterocycles. The van der Waals surface area contributed by atoms with Crippen molar-refractivity contribution in [3.8, 4) is 5.75 Å². The van der Waals surface area contributed by atoms with Gasteiger partial charge in [0.1, 0.15) is 5.75 Å². The molecule has 1 atom stereocenters. The molecule has 22 heavy (non-hydrogen) atoms. The van der Waals surface area contributed by atoms with E-state index in [4.69, 9.17) is 5.73 Å². The standard InChI is InChI=1S/C16H19N3O3/c1-3-19-10(2)9-12(20)13(15(19)21)14(18-16(17)22)11-7-5-4-6-8-11/h4-9,14,20H,3H2,1-2H3,(H3,17,18,22). The predicted molar refractivity (Wildman–Crippen MR) is 83.8 cm³/mol. The molecule has 2 aromatic rings. The fraction of sp³-hybridized carbons (Fsp3) is 0.250. The van der Waals surface area contributed by atoms with Crippen LogP contribution in [0, 0.1) is 6.92 Å². The summed E-state index contributed by atoms with van der Waals surface area (Å²) in [5.41, 5.74) is 6.31. The number of primary amides is 1. The van der Waals surface area contributed by atoms with Crippen molar-refractivity contribution in [2.75, 3.05) is 0 Å². The lowest BCUT2D eigenvalue weighted by molar-refractivity contribution is 0.246. The average Bonchev–Trinajstić information content (AvgIpc) is 2.46. The van der Waals surface area contributed by atoms with Crippen molar-refractivity contribution >= 4 is 6.03 Å². The van der Waals surface area contributed by atoms with Gasteiger partial charge in [-0.05, 0) is 25.5 Å². The maximum absolute atomic E-state index is 12.6. The molecule has 6 nitrogen and oxygen atoms in total. The van der Waals surface area contributed by atoms with E-state index in [1.54, 1.807) is 31.2 Å². The molecule has 0 spiro atoms. The predicted octanol–water partition coefficient (Wildman–Crippen LogP) is 1.64. The summed E-state index contributed by atoms with van der Waals surface area (Å²) in [6.07, 6.45) is 0. The van der Waals surface area contributed by atoms with Crippen molar-refractivity contribution in [3.05, 3.63) is 63.6 Å². The molecule has 1 aromatic carbocycles. The molecule has 116 valence electrons. The van der Waals surface area contributed by atoms with E-state index in [1.165, 1.54) is 10.6 Å². The Morgan fingerprint density at radius 3 is 2.55 bits per heavy atom. The number of carbonyl (C=O) groups is 1. The molecule has 1 aromatic heterocycles. The van der Waals surface area contributed by atoms with Gasteiger partial charge in [0.15, 0.2) is 0 Å². The van der Waals surface area contributed by atoms with Crippen molar-refractivity contribution in [2.24, 2.45) is 5.73 Å². The molecule has 0 radical (unpaired) electrons. The lowest BCUT2D eigenvalue weighted by Gasteiger charge is -2.21. The Labute approximate surface area is 128 Å². The quantitative estimate of drug-likeness (QED) is 0.800. The minimum atomic E-state index is -0.801. The number of rotatable bonds is 4. The number of nitrogens with one attached hydrogen (secondary N) is 1. The van der Waals surface area contributed by atoms with Gasteiger partial charge >= 0.3 is 6.03 Å². The molecule has 1 unspecified atom stereocenters. The third kappa shape index (κ3) is 2.95. The van der Waals surface area contributed by atoms with Gasteiger partial charge in [-0.2, -0.15) is 0 Å². The van der Waals surface area contributed by atoms with E-state index in [9.17, 15) is 14.7 Å². The Kier molecular flexibility index (Phi) is 4.50. The lowest BCUT2D eigenvalue weighted by Crippen LogP contribution is -2.38. The Hall–Kier alpha value is -2.76. The molecule has 0 saturated carbocycles. The number of amides is 2. The van der Waals surface area contributed by atoms with Crippen LogP contribution in [0.4, 0.5) is 4.79 Å². The van der Waals surface area contributed by atoms with Crippen LogP contribution in [0.25, 0.3) is 0 Å². The zero-order chi connectivity index (χ0) is 16.3. The Morgan fingerprint density at radius 2 is 2.00 bits per heavy atom. The first-order chi connectivity index (χ1) is 10.5. The number of aromatic hydroxyl groups is 1. The first kappa shape index (κ1) is 15.6. The topological polar surface area (TPSA) is 97.3 Å². The van der Waals surface area contributed by atoms with E-state index in [0.717, 1.165) is 0 Å². The van der Waals surface area contributed by atoms with Crippen LogP contribution in [0.1, 0.15) is 29.8 Å². The van der Waals surface area contributed by atoms with E-state index in [-0.39, 0.29) is 16.9 Å². The summed E-state index contributed by atoms with van der Waals surface area (Å²) in [5, 5.41) is 12.8. The monoisotopic (exact) mass is 301 g/mol. The molecule has 0 aliphatic rings. The van der Waals surface area contributed by atoms with Gasteiger partial charge in [-0.15, -0.1) is 0 Å². The van der Waals surface area contributed by atoms with Gasteiger partial charge in [0.05, 0.1) is 11.6 Å². The molecule has 0 aliphatic carbocycles. The highest BCUT2D eigenvalue weighted by Gasteiger charge is 2.24. The Balaban J connectivity index is 2.68. The maximum atomic E-state index is 12.6. The largest absolute Gasteiger partial charge is 0.507 e. The summed E-state index contributed by atoms with van der Waals surface area (Å²) in [7, 11) is 0. The van der Waals surface area contributed by atoms with Crippen LogP contribution >= 0.6 is 0 Å². The van der Waals surface area contributed by atoms with Crippen molar-refractivity contribution in [1.82, 2.24) is 9.88 Å². The van der Waals surface area contributed by atoms with Gasteiger partial charge in [-0.1, -0.05) is 30.3 Å². The number of hydrogen-bond acceptors (Lipinski definition) is 3. The van der Waals surface area contributed by atoms with Gasteiger partial charge in [0.25, 0.3) is 5.56 Å². The number of urea groups is 1. The molecule has 0 bridgehead atoms. The number of pyridine rings is 1. The molecule has 1 heterocycles. The van der Waals surface area contributed by atoms with Crippen LogP contribution in [0.2, 0.25) is 0 Å². The molecule has 2 rings (SSSR count). The summed E-state index contributed by atoms with van der Waals surface area (Å²) >= 11 is 0. The fourth-order valence-corrected chi connectivity index (χ4v) is 2.54. The van der Waals surface area contributed by atoms with Gasteiger partial charge in [-0.25, -0.2) is 4.79 Å². The number of nitrogens with zero attached hydrogens (tertiary/aromatic N) is 1. The highest BCUT2D eigenvalue weighted by molar-refractivity contribution is 5.73.